The molecule has 2 aromatic carbocycles. The molecule has 144 valence electrons. The second-order valence-electron chi connectivity index (χ2n) is 6.31. The molecule has 5 nitrogen and oxygen atoms in total. The number of methoxy groups -OCH3 is 2. The first kappa shape index (κ1) is 18.9. The molecule has 0 spiro atoms. The Morgan fingerprint density at radius 2 is 1.74 bits per heavy atom. The number of hydrogen-bond donors (Lipinski definition) is 1. The zero-order chi connectivity index (χ0) is 19.4. The molecule has 0 bridgehead atoms. The van der Waals surface area contributed by atoms with Crippen molar-refractivity contribution in [3.63, 3.8) is 0 Å². The largest absolute Gasteiger partial charge is 0.497 e. The van der Waals surface area contributed by atoms with E-state index in [-0.39, 0.29) is 23.4 Å². The van der Waals surface area contributed by atoms with E-state index in [2.05, 4.69) is 10.1 Å². The van der Waals surface area contributed by atoms with Crippen molar-refractivity contribution >= 4 is 5.91 Å². The number of ether oxygens (including phenoxy) is 3. The van der Waals surface area contributed by atoms with Gasteiger partial charge in [-0.1, -0.05) is 12.1 Å². The maximum atomic E-state index is 12.7. The van der Waals surface area contributed by atoms with Gasteiger partial charge < -0.3 is 19.5 Å². The fourth-order valence-corrected chi connectivity index (χ4v) is 2.94. The molecular weight excluding hydrogens is 356 g/mol. The topological polar surface area (TPSA) is 56.8 Å². The predicted octanol–water partition coefficient (Wildman–Crippen LogP) is 4.19. The molecule has 1 saturated carbocycles. The van der Waals surface area contributed by atoms with Crippen LogP contribution in [0, 0.1) is 5.92 Å². The van der Waals surface area contributed by atoms with E-state index >= 15 is 0 Å². The van der Waals surface area contributed by atoms with Crippen molar-refractivity contribution < 1.29 is 27.8 Å². The molecule has 1 unspecified atom stereocenters. The average Bonchev–Trinajstić information content (AvgIpc) is 3.51. The highest BCUT2D eigenvalue weighted by Gasteiger charge is 2.33. The van der Waals surface area contributed by atoms with Gasteiger partial charge in [-0.05, 0) is 54.7 Å². The molecular formula is C20H21F2NO4. The van der Waals surface area contributed by atoms with E-state index in [1.54, 1.807) is 7.11 Å². The highest BCUT2D eigenvalue weighted by molar-refractivity contribution is 5.95. The molecule has 0 aromatic heterocycles. The van der Waals surface area contributed by atoms with E-state index in [4.69, 9.17) is 9.47 Å². The highest BCUT2D eigenvalue weighted by Crippen LogP contribution is 2.41. The highest BCUT2D eigenvalue weighted by atomic mass is 19.3. The summed E-state index contributed by atoms with van der Waals surface area (Å²) in [5.41, 5.74) is 1.31. The van der Waals surface area contributed by atoms with Crippen molar-refractivity contribution in [3.05, 3.63) is 53.6 Å². The van der Waals surface area contributed by atoms with Crippen molar-refractivity contribution in [2.45, 2.75) is 25.5 Å². The van der Waals surface area contributed by atoms with Crippen molar-refractivity contribution in [1.82, 2.24) is 5.32 Å². The molecule has 0 heterocycles. The van der Waals surface area contributed by atoms with Crippen LogP contribution in [0.25, 0.3) is 0 Å². The molecule has 1 fully saturated rings. The average molecular weight is 377 g/mol. The monoisotopic (exact) mass is 377 g/mol. The summed E-state index contributed by atoms with van der Waals surface area (Å²) < 4.78 is 39.5. The summed E-state index contributed by atoms with van der Waals surface area (Å²) in [7, 11) is 2.93. The molecule has 1 aliphatic rings. The maximum absolute atomic E-state index is 12.7. The molecule has 0 saturated heterocycles. The van der Waals surface area contributed by atoms with Gasteiger partial charge in [0.05, 0.1) is 20.3 Å². The van der Waals surface area contributed by atoms with Gasteiger partial charge in [0.15, 0.2) is 11.5 Å². The van der Waals surface area contributed by atoms with Crippen molar-refractivity contribution in [3.8, 4) is 17.2 Å². The minimum atomic E-state index is -2.96. The quantitative estimate of drug-likeness (QED) is 0.750. The van der Waals surface area contributed by atoms with Crippen LogP contribution >= 0.6 is 0 Å². The molecule has 7 heteroatoms. The predicted molar refractivity (Wildman–Crippen MR) is 95.6 cm³/mol. The number of carbonyl (C=O) groups is 1. The minimum Gasteiger partial charge on any atom is -0.497 e. The minimum absolute atomic E-state index is 0.0790. The number of rotatable bonds is 8. The fraction of sp³-hybridized carbons (Fsp3) is 0.350. The maximum Gasteiger partial charge on any atom is 0.387 e. The summed E-state index contributed by atoms with van der Waals surface area (Å²) in [5, 5.41) is 3.04. The number of hydrogen-bond acceptors (Lipinski definition) is 4. The lowest BCUT2D eigenvalue weighted by molar-refractivity contribution is -0.0512. The smallest absolute Gasteiger partial charge is 0.387 e. The molecule has 1 amide bonds. The summed E-state index contributed by atoms with van der Waals surface area (Å²) in [6.07, 6.45) is 2.09. The second kappa shape index (κ2) is 8.24. The third kappa shape index (κ3) is 4.67. The first-order chi connectivity index (χ1) is 13.0. The van der Waals surface area contributed by atoms with Crippen molar-refractivity contribution in [2.75, 3.05) is 14.2 Å². The Hall–Kier alpha value is -2.83. The molecule has 1 aliphatic carbocycles. The summed E-state index contributed by atoms with van der Waals surface area (Å²) in [6, 6.07) is 11.6. The number of halogens is 2. The summed E-state index contributed by atoms with van der Waals surface area (Å²) in [4.78, 5) is 12.7. The van der Waals surface area contributed by atoms with Gasteiger partial charge in [0.2, 0.25) is 0 Å². The first-order valence-electron chi connectivity index (χ1n) is 8.59. The molecule has 0 radical (unpaired) electrons. The van der Waals surface area contributed by atoms with Gasteiger partial charge in [-0.15, -0.1) is 0 Å². The number of carbonyl (C=O) groups excluding carboxylic acids is 1. The van der Waals surface area contributed by atoms with Crippen molar-refractivity contribution in [2.24, 2.45) is 5.92 Å². The van der Waals surface area contributed by atoms with Crippen molar-refractivity contribution in [1.29, 1.82) is 0 Å². The summed E-state index contributed by atoms with van der Waals surface area (Å²) in [6.45, 7) is -2.96. The number of amides is 1. The standard InChI is InChI=1S/C20H21F2NO4/c1-25-15-8-5-13(6-9-15)18(12-3-4-12)23-19(24)14-7-10-16(27-20(21)22)17(11-14)26-2/h5-12,18,20H,3-4H2,1-2H3,(H,23,24). The van der Waals surface area contributed by atoms with Gasteiger partial charge in [-0.2, -0.15) is 8.78 Å². The Balaban J connectivity index is 1.77. The van der Waals surface area contributed by atoms with Gasteiger partial charge >= 0.3 is 6.61 Å². The normalized spacial score (nSPS) is 14.6. The van der Waals surface area contributed by atoms with E-state index < -0.39 is 6.61 Å². The Morgan fingerprint density at radius 1 is 1.04 bits per heavy atom. The van der Waals surface area contributed by atoms with Gasteiger partial charge in [-0.3, -0.25) is 4.79 Å². The number of nitrogens with one attached hydrogen (secondary N) is 1. The van der Waals surface area contributed by atoms with Crippen LogP contribution in [-0.2, 0) is 0 Å². The zero-order valence-electron chi connectivity index (χ0n) is 15.1. The van der Waals surface area contributed by atoms with E-state index in [0.29, 0.717) is 11.5 Å². The van der Waals surface area contributed by atoms with Crippen LogP contribution in [0.2, 0.25) is 0 Å². The molecule has 2 aromatic rings. The van der Waals surface area contributed by atoms with Crippen LogP contribution in [0.5, 0.6) is 17.2 Å². The van der Waals surface area contributed by atoms with Gasteiger partial charge in [0.1, 0.15) is 5.75 Å². The van der Waals surface area contributed by atoms with Gasteiger partial charge in [-0.25, -0.2) is 0 Å². The van der Waals surface area contributed by atoms with Crippen LogP contribution in [0.15, 0.2) is 42.5 Å². The fourth-order valence-electron chi connectivity index (χ4n) is 2.94. The van der Waals surface area contributed by atoms with E-state index in [1.807, 2.05) is 24.3 Å². The third-order valence-electron chi connectivity index (χ3n) is 4.50. The van der Waals surface area contributed by atoms with Gasteiger partial charge in [0, 0.05) is 5.56 Å². The van der Waals surface area contributed by atoms with Crippen LogP contribution in [0.4, 0.5) is 8.78 Å². The molecule has 27 heavy (non-hydrogen) atoms. The third-order valence-corrected chi connectivity index (χ3v) is 4.50. The molecule has 1 N–H and O–H groups in total. The summed E-state index contributed by atoms with van der Waals surface area (Å²) in [5.74, 6) is 0.794. The number of alkyl halides is 2. The van der Waals surface area contributed by atoms with E-state index in [1.165, 1.54) is 25.3 Å². The Bertz CT molecular complexity index is 791. The Morgan fingerprint density at radius 3 is 2.30 bits per heavy atom. The van der Waals surface area contributed by atoms with Crippen LogP contribution in [0.1, 0.15) is 34.8 Å². The lowest BCUT2D eigenvalue weighted by atomic mass is 10.0. The zero-order valence-corrected chi connectivity index (χ0v) is 15.1. The second-order valence-corrected chi connectivity index (χ2v) is 6.31. The van der Waals surface area contributed by atoms with Crippen LogP contribution in [0.3, 0.4) is 0 Å². The molecule has 0 aliphatic heterocycles. The van der Waals surface area contributed by atoms with E-state index in [9.17, 15) is 13.6 Å². The SMILES string of the molecule is COc1ccc(C(NC(=O)c2ccc(OC(F)F)c(OC)c2)C2CC2)cc1. The van der Waals surface area contributed by atoms with Gasteiger partial charge in [0.25, 0.3) is 5.91 Å². The molecule has 1 atom stereocenters. The van der Waals surface area contributed by atoms with Crippen LogP contribution in [-0.4, -0.2) is 26.7 Å². The number of benzene rings is 2. The molecule has 3 rings (SSSR count). The lowest BCUT2D eigenvalue weighted by Crippen LogP contribution is -2.29. The van der Waals surface area contributed by atoms with E-state index in [0.717, 1.165) is 24.2 Å². The summed E-state index contributed by atoms with van der Waals surface area (Å²) >= 11 is 0. The first-order valence-corrected chi connectivity index (χ1v) is 8.59. The van der Waals surface area contributed by atoms with Crippen LogP contribution < -0.4 is 19.5 Å². The Kier molecular flexibility index (Phi) is 5.78. The lowest BCUT2D eigenvalue weighted by Gasteiger charge is -2.20. The Labute approximate surface area is 156 Å².